The standard InChI is InChI=1S/C21H25NO3/c1-16(14-18-10-6-7-11-20(18)25-2)15-21(24)22-13-12-19(23)17-8-4-3-5-9-17/h3-11,15,19,23H,12-14H2,1-2H3,(H,22,24). The van der Waals surface area contributed by atoms with E-state index in [4.69, 9.17) is 4.74 Å². The normalized spacial score (nSPS) is 12.5. The van der Waals surface area contributed by atoms with Crippen LogP contribution in [0.25, 0.3) is 0 Å². The zero-order valence-corrected chi connectivity index (χ0v) is 14.7. The number of carbonyl (C=O) groups is 1. The van der Waals surface area contributed by atoms with Gasteiger partial charge in [0.15, 0.2) is 0 Å². The van der Waals surface area contributed by atoms with Crippen LogP contribution in [0.5, 0.6) is 5.75 Å². The van der Waals surface area contributed by atoms with Crippen molar-refractivity contribution in [2.45, 2.75) is 25.9 Å². The summed E-state index contributed by atoms with van der Waals surface area (Å²) < 4.78 is 5.33. The summed E-state index contributed by atoms with van der Waals surface area (Å²) in [4.78, 5) is 12.0. The molecule has 1 unspecified atom stereocenters. The molecule has 0 saturated heterocycles. The van der Waals surface area contributed by atoms with Crippen molar-refractivity contribution >= 4 is 5.91 Å². The van der Waals surface area contributed by atoms with Gasteiger partial charge in [-0.25, -0.2) is 0 Å². The van der Waals surface area contributed by atoms with Gasteiger partial charge in [-0.1, -0.05) is 54.1 Å². The van der Waals surface area contributed by atoms with E-state index in [0.29, 0.717) is 19.4 Å². The average Bonchev–Trinajstić information content (AvgIpc) is 2.62. The molecule has 2 aromatic rings. The molecule has 132 valence electrons. The molecule has 1 amide bonds. The number of ether oxygens (including phenoxy) is 1. The summed E-state index contributed by atoms with van der Waals surface area (Å²) in [5.74, 6) is 0.675. The van der Waals surface area contributed by atoms with E-state index in [2.05, 4.69) is 5.32 Å². The molecule has 0 saturated carbocycles. The number of benzene rings is 2. The lowest BCUT2D eigenvalue weighted by Crippen LogP contribution is -2.24. The van der Waals surface area contributed by atoms with Crippen LogP contribution in [0.3, 0.4) is 0 Å². The Hall–Kier alpha value is -2.59. The van der Waals surface area contributed by atoms with Crippen molar-refractivity contribution in [1.82, 2.24) is 5.32 Å². The van der Waals surface area contributed by atoms with Crippen LogP contribution in [0.15, 0.2) is 66.2 Å². The molecule has 2 N–H and O–H groups in total. The van der Waals surface area contributed by atoms with Gasteiger partial charge in [-0.05, 0) is 37.0 Å². The lowest BCUT2D eigenvalue weighted by molar-refractivity contribution is -0.116. The Morgan fingerprint density at radius 2 is 1.84 bits per heavy atom. The van der Waals surface area contributed by atoms with E-state index >= 15 is 0 Å². The number of rotatable bonds is 8. The number of hydrogen-bond acceptors (Lipinski definition) is 3. The van der Waals surface area contributed by atoms with Crippen LogP contribution < -0.4 is 10.1 Å². The molecule has 4 nitrogen and oxygen atoms in total. The van der Waals surface area contributed by atoms with Crippen molar-refractivity contribution < 1.29 is 14.6 Å². The predicted molar refractivity (Wildman–Crippen MR) is 99.5 cm³/mol. The highest BCUT2D eigenvalue weighted by Crippen LogP contribution is 2.20. The lowest BCUT2D eigenvalue weighted by atomic mass is 10.0. The van der Waals surface area contributed by atoms with Crippen LogP contribution >= 0.6 is 0 Å². The molecule has 0 aliphatic rings. The smallest absolute Gasteiger partial charge is 0.243 e. The van der Waals surface area contributed by atoms with Gasteiger partial charge in [0.1, 0.15) is 5.75 Å². The number of para-hydroxylation sites is 1. The second-order valence-electron chi connectivity index (χ2n) is 5.99. The Kier molecular flexibility index (Phi) is 7.23. The minimum atomic E-state index is -0.569. The quantitative estimate of drug-likeness (QED) is 0.725. The van der Waals surface area contributed by atoms with Crippen molar-refractivity contribution in [3.63, 3.8) is 0 Å². The van der Waals surface area contributed by atoms with Gasteiger partial charge < -0.3 is 15.2 Å². The molecule has 0 radical (unpaired) electrons. The number of hydrogen-bond donors (Lipinski definition) is 2. The van der Waals surface area contributed by atoms with Gasteiger partial charge in [0.2, 0.25) is 5.91 Å². The number of allylic oxidation sites excluding steroid dienone is 1. The van der Waals surface area contributed by atoms with Gasteiger partial charge in [0.25, 0.3) is 0 Å². The highest BCUT2D eigenvalue weighted by Gasteiger charge is 2.08. The molecule has 0 fully saturated rings. The van der Waals surface area contributed by atoms with Crippen LogP contribution in [0.4, 0.5) is 0 Å². The first-order valence-corrected chi connectivity index (χ1v) is 8.40. The lowest BCUT2D eigenvalue weighted by Gasteiger charge is -2.11. The molecule has 4 heteroatoms. The maximum absolute atomic E-state index is 12.0. The number of methoxy groups -OCH3 is 1. The Balaban J connectivity index is 1.81. The fourth-order valence-corrected chi connectivity index (χ4v) is 2.65. The second-order valence-corrected chi connectivity index (χ2v) is 5.99. The fourth-order valence-electron chi connectivity index (χ4n) is 2.65. The monoisotopic (exact) mass is 339 g/mol. The van der Waals surface area contributed by atoms with Crippen molar-refractivity contribution in [2.75, 3.05) is 13.7 Å². The van der Waals surface area contributed by atoms with Gasteiger partial charge in [-0.2, -0.15) is 0 Å². The zero-order valence-electron chi connectivity index (χ0n) is 14.7. The minimum Gasteiger partial charge on any atom is -0.496 e. The summed E-state index contributed by atoms with van der Waals surface area (Å²) in [6.45, 7) is 2.35. The molecule has 0 aromatic heterocycles. The van der Waals surface area contributed by atoms with E-state index < -0.39 is 6.10 Å². The van der Waals surface area contributed by atoms with Crippen LogP contribution in [0, 0.1) is 0 Å². The molecule has 0 aliphatic heterocycles. The van der Waals surface area contributed by atoms with Gasteiger partial charge in [0.05, 0.1) is 13.2 Å². The third-order valence-electron chi connectivity index (χ3n) is 3.94. The van der Waals surface area contributed by atoms with Crippen LogP contribution in [-0.4, -0.2) is 24.7 Å². The number of aliphatic hydroxyl groups is 1. The number of aliphatic hydroxyl groups excluding tert-OH is 1. The van der Waals surface area contributed by atoms with Crippen LogP contribution in [0.2, 0.25) is 0 Å². The third kappa shape index (κ3) is 6.08. The first kappa shape index (κ1) is 18.7. The summed E-state index contributed by atoms with van der Waals surface area (Å²) in [5, 5.41) is 12.9. The average molecular weight is 339 g/mol. The molecule has 0 heterocycles. The van der Waals surface area contributed by atoms with E-state index in [9.17, 15) is 9.90 Å². The highest BCUT2D eigenvalue weighted by molar-refractivity contribution is 5.88. The van der Waals surface area contributed by atoms with E-state index in [1.165, 1.54) is 0 Å². The van der Waals surface area contributed by atoms with Gasteiger partial charge in [0, 0.05) is 12.6 Å². The maximum Gasteiger partial charge on any atom is 0.243 e. The maximum atomic E-state index is 12.0. The van der Waals surface area contributed by atoms with E-state index in [1.807, 2.05) is 61.5 Å². The fraction of sp³-hybridized carbons (Fsp3) is 0.286. The Bertz CT molecular complexity index is 710. The molecular weight excluding hydrogens is 314 g/mol. The molecular formula is C21H25NO3. The Morgan fingerprint density at radius 3 is 2.56 bits per heavy atom. The van der Waals surface area contributed by atoms with Crippen molar-refractivity contribution in [3.8, 4) is 5.75 Å². The number of nitrogens with one attached hydrogen (secondary N) is 1. The van der Waals surface area contributed by atoms with Crippen LogP contribution in [0.1, 0.15) is 30.6 Å². The van der Waals surface area contributed by atoms with E-state index in [0.717, 1.165) is 22.4 Å². The molecule has 0 aliphatic carbocycles. The Labute approximate surface area is 149 Å². The molecule has 2 rings (SSSR count). The van der Waals surface area contributed by atoms with Crippen molar-refractivity contribution in [1.29, 1.82) is 0 Å². The molecule has 2 aromatic carbocycles. The molecule has 1 atom stereocenters. The second kappa shape index (κ2) is 9.64. The first-order valence-electron chi connectivity index (χ1n) is 8.40. The number of amides is 1. The van der Waals surface area contributed by atoms with Gasteiger partial charge in [-0.15, -0.1) is 0 Å². The third-order valence-corrected chi connectivity index (χ3v) is 3.94. The first-order chi connectivity index (χ1) is 12.1. The minimum absolute atomic E-state index is 0.146. The Morgan fingerprint density at radius 1 is 1.16 bits per heavy atom. The summed E-state index contributed by atoms with van der Waals surface area (Å²) in [5.41, 5.74) is 2.86. The SMILES string of the molecule is COc1ccccc1CC(C)=CC(=O)NCCC(O)c1ccccc1. The largest absolute Gasteiger partial charge is 0.496 e. The van der Waals surface area contributed by atoms with Crippen molar-refractivity contribution in [2.24, 2.45) is 0 Å². The van der Waals surface area contributed by atoms with E-state index in [-0.39, 0.29) is 5.91 Å². The summed E-state index contributed by atoms with van der Waals surface area (Å²) in [7, 11) is 1.64. The molecule has 0 bridgehead atoms. The highest BCUT2D eigenvalue weighted by atomic mass is 16.5. The van der Waals surface area contributed by atoms with Gasteiger partial charge in [-0.3, -0.25) is 4.79 Å². The predicted octanol–water partition coefficient (Wildman–Crippen LogP) is 3.42. The zero-order chi connectivity index (χ0) is 18.1. The topological polar surface area (TPSA) is 58.6 Å². The van der Waals surface area contributed by atoms with E-state index in [1.54, 1.807) is 13.2 Å². The summed E-state index contributed by atoms with van der Waals surface area (Å²) in [6.07, 6.45) is 2.17. The van der Waals surface area contributed by atoms with Gasteiger partial charge >= 0.3 is 0 Å². The molecule has 25 heavy (non-hydrogen) atoms. The summed E-state index contributed by atoms with van der Waals surface area (Å²) >= 11 is 0. The molecule has 0 spiro atoms. The summed E-state index contributed by atoms with van der Waals surface area (Å²) in [6, 6.07) is 17.2. The van der Waals surface area contributed by atoms with Crippen molar-refractivity contribution in [3.05, 3.63) is 77.4 Å². The van der Waals surface area contributed by atoms with Crippen LogP contribution in [-0.2, 0) is 11.2 Å². The number of carbonyl (C=O) groups excluding carboxylic acids is 1.